The number of pyridine rings is 1. The van der Waals surface area contributed by atoms with E-state index in [0.717, 1.165) is 5.56 Å². The first-order valence-electron chi connectivity index (χ1n) is 4.51. The fourth-order valence-electron chi connectivity index (χ4n) is 1.14. The Hall–Kier alpha value is -1.49. The molecule has 0 fully saturated rings. The fourth-order valence-corrected chi connectivity index (χ4v) is 1.26. The van der Waals surface area contributed by atoms with Crippen LogP contribution in [0.4, 0.5) is 0 Å². The van der Waals surface area contributed by atoms with E-state index in [9.17, 15) is 4.79 Å². The minimum atomic E-state index is -0.0775. The summed E-state index contributed by atoms with van der Waals surface area (Å²) in [5.74, 6) is -0.0775. The summed E-state index contributed by atoms with van der Waals surface area (Å²) in [6.07, 6.45) is 3.54. The molecule has 1 amide bonds. The number of hydrogen-bond acceptors (Lipinski definition) is 3. The van der Waals surface area contributed by atoms with Gasteiger partial charge in [-0.3, -0.25) is 9.78 Å². The Balaban J connectivity index is 2.52. The molecule has 80 valence electrons. The number of rotatable bonds is 4. The Kier molecular flexibility index (Phi) is 4.17. The van der Waals surface area contributed by atoms with Gasteiger partial charge in [-0.1, -0.05) is 18.3 Å². The zero-order chi connectivity index (χ0) is 11.3. The van der Waals surface area contributed by atoms with Crippen LogP contribution in [0.1, 0.15) is 12.0 Å². The summed E-state index contributed by atoms with van der Waals surface area (Å²) in [4.78, 5) is 17.3. The molecule has 4 nitrogen and oxygen atoms in total. The average Bonchev–Trinajstić information content (AvgIpc) is 2.18. The molecule has 0 aliphatic carbocycles. The Morgan fingerprint density at radius 3 is 2.93 bits per heavy atom. The topological polar surface area (TPSA) is 59.2 Å². The molecule has 0 unspecified atom stereocenters. The predicted octanol–water partition coefficient (Wildman–Crippen LogP) is 0.716. The zero-order valence-corrected chi connectivity index (χ0v) is 9.33. The third kappa shape index (κ3) is 4.03. The van der Waals surface area contributed by atoms with Crippen molar-refractivity contribution in [3.63, 3.8) is 0 Å². The van der Waals surface area contributed by atoms with Crippen molar-refractivity contribution in [3.8, 4) is 0 Å². The van der Waals surface area contributed by atoms with Gasteiger partial charge in [0.2, 0.25) is 5.91 Å². The molecule has 1 heterocycles. The molecule has 0 aliphatic heterocycles. The van der Waals surface area contributed by atoms with Gasteiger partial charge in [-0.25, -0.2) is 0 Å². The molecule has 0 atom stereocenters. The number of carbonyl (C=O) groups excluding carboxylic acids is 1. The summed E-state index contributed by atoms with van der Waals surface area (Å²) in [6, 6.07) is 3.75. The first-order valence-corrected chi connectivity index (χ1v) is 4.91. The van der Waals surface area contributed by atoms with Crippen LogP contribution in [0, 0.1) is 0 Å². The third-order valence-corrected chi connectivity index (χ3v) is 2.04. The molecule has 0 saturated carbocycles. The number of amides is 1. The van der Waals surface area contributed by atoms with Crippen LogP contribution in [0.25, 0.3) is 0 Å². The van der Waals surface area contributed by atoms with Gasteiger partial charge in [0.15, 0.2) is 0 Å². The number of nitrogens with zero attached hydrogens (tertiary/aromatic N) is 2. The minimum absolute atomic E-state index is 0.0775. The van der Waals surface area contributed by atoms with Crippen LogP contribution >= 0.6 is 12.2 Å². The van der Waals surface area contributed by atoms with Crippen LogP contribution in [0.2, 0.25) is 0 Å². The quantitative estimate of drug-likeness (QED) is 0.764. The molecule has 0 radical (unpaired) electrons. The highest BCUT2D eigenvalue weighted by molar-refractivity contribution is 7.80. The molecule has 0 spiro atoms. The van der Waals surface area contributed by atoms with Gasteiger partial charge >= 0.3 is 0 Å². The number of nitrogens with two attached hydrogens (primary N) is 1. The summed E-state index contributed by atoms with van der Waals surface area (Å²) in [7, 11) is 1.72. The molecule has 1 rings (SSSR count). The maximum atomic E-state index is 11.5. The Bertz CT molecular complexity index is 353. The van der Waals surface area contributed by atoms with Crippen molar-refractivity contribution in [2.75, 3.05) is 7.05 Å². The standard InChI is InChI=1S/C10H13N3OS/c1-13(10(14)5-9(11)15)7-8-3-2-4-12-6-8/h2-4,6H,5,7H2,1H3,(H2,11,15). The van der Waals surface area contributed by atoms with E-state index in [0.29, 0.717) is 6.54 Å². The summed E-state index contributed by atoms with van der Waals surface area (Å²) < 4.78 is 0. The summed E-state index contributed by atoms with van der Waals surface area (Å²) in [5.41, 5.74) is 6.28. The normalized spacial score (nSPS) is 9.67. The third-order valence-electron chi connectivity index (χ3n) is 1.89. The van der Waals surface area contributed by atoms with Crippen molar-refractivity contribution in [3.05, 3.63) is 30.1 Å². The summed E-state index contributed by atoms with van der Waals surface area (Å²) >= 11 is 4.67. The van der Waals surface area contributed by atoms with E-state index in [1.165, 1.54) is 0 Å². The first kappa shape index (κ1) is 11.6. The van der Waals surface area contributed by atoms with Crippen molar-refractivity contribution < 1.29 is 4.79 Å². The second-order valence-corrected chi connectivity index (χ2v) is 3.78. The van der Waals surface area contributed by atoms with Crippen molar-refractivity contribution in [1.29, 1.82) is 0 Å². The second kappa shape index (κ2) is 5.41. The first-order chi connectivity index (χ1) is 7.09. The van der Waals surface area contributed by atoms with Crippen LogP contribution in [-0.4, -0.2) is 27.8 Å². The monoisotopic (exact) mass is 223 g/mol. The average molecular weight is 223 g/mol. The Morgan fingerprint density at radius 2 is 2.40 bits per heavy atom. The van der Waals surface area contributed by atoms with E-state index in [1.54, 1.807) is 24.3 Å². The van der Waals surface area contributed by atoms with Crippen molar-refractivity contribution in [2.45, 2.75) is 13.0 Å². The molecule has 15 heavy (non-hydrogen) atoms. The maximum absolute atomic E-state index is 11.5. The molecule has 5 heteroatoms. The van der Waals surface area contributed by atoms with Gasteiger partial charge in [0.1, 0.15) is 0 Å². The van der Waals surface area contributed by atoms with Gasteiger partial charge < -0.3 is 10.6 Å². The van der Waals surface area contributed by atoms with Gasteiger partial charge in [0, 0.05) is 26.0 Å². The minimum Gasteiger partial charge on any atom is -0.393 e. The van der Waals surface area contributed by atoms with Gasteiger partial charge in [-0.2, -0.15) is 0 Å². The highest BCUT2D eigenvalue weighted by Gasteiger charge is 2.09. The smallest absolute Gasteiger partial charge is 0.229 e. The second-order valence-electron chi connectivity index (χ2n) is 3.25. The van der Waals surface area contributed by atoms with Gasteiger partial charge in [0.25, 0.3) is 0 Å². The van der Waals surface area contributed by atoms with E-state index >= 15 is 0 Å². The number of carbonyl (C=O) groups is 1. The van der Waals surface area contributed by atoms with E-state index in [2.05, 4.69) is 17.2 Å². The predicted molar refractivity (Wildman–Crippen MR) is 62.1 cm³/mol. The lowest BCUT2D eigenvalue weighted by Crippen LogP contribution is -2.29. The largest absolute Gasteiger partial charge is 0.393 e. The van der Waals surface area contributed by atoms with Crippen LogP contribution in [-0.2, 0) is 11.3 Å². The molecule has 0 aromatic carbocycles. The van der Waals surface area contributed by atoms with Gasteiger partial charge in [-0.05, 0) is 11.6 Å². The Labute approximate surface area is 94.1 Å². The molecule has 0 aliphatic rings. The van der Waals surface area contributed by atoms with Crippen LogP contribution in [0.15, 0.2) is 24.5 Å². The van der Waals surface area contributed by atoms with Gasteiger partial charge in [-0.15, -0.1) is 0 Å². The van der Waals surface area contributed by atoms with E-state index in [4.69, 9.17) is 5.73 Å². The Morgan fingerprint density at radius 1 is 1.67 bits per heavy atom. The highest BCUT2D eigenvalue weighted by Crippen LogP contribution is 2.02. The van der Waals surface area contributed by atoms with Crippen LogP contribution < -0.4 is 5.73 Å². The lowest BCUT2D eigenvalue weighted by Gasteiger charge is -2.16. The van der Waals surface area contributed by atoms with Crippen LogP contribution in [0.5, 0.6) is 0 Å². The molecular formula is C10H13N3OS. The molecular weight excluding hydrogens is 210 g/mol. The molecule has 0 bridgehead atoms. The lowest BCUT2D eigenvalue weighted by molar-refractivity contribution is -0.129. The van der Waals surface area contributed by atoms with Gasteiger partial charge in [0.05, 0.1) is 11.4 Å². The number of thiocarbonyl (C=S) groups is 1. The van der Waals surface area contributed by atoms with Crippen molar-refractivity contribution in [2.24, 2.45) is 5.73 Å². The molecule has 1 aromatic rings. The van der Waals surface area contributed by atoms with Crippen molar-refractivity contribution >= 4 is 23.1 Å². The SMILES string of the molecule is CN(Cc1cccnc1)C(=O)CC(N)=S. The van der Waals surface area contributed by atoms with E-state index in [1.807, 2.05) is 12.1 Å². The molecule has 1 aromatic heterocycles. The number of hydrogen-bond donors (Lipinski definition) is 1. The number of aromatic nitrogens is 1. The lowest BCUT2D eigenvalue weighted by atomic mass is 10.2. The molecule has 2 N–H and O–H groups in total. The maximum Gasteiger partial charge on any atom is 0.229 e. The van der Waals surface area contributed by atoms with E-state index < -0.39 is 0 Å². The van der Waals surface area contributed by atoms with Crippen molar-refractivity contribution in [1.82, 2.24) is 9.88 Å². The molecule has 0 saturated heterocycles. The fraction of sp³-hybridized carbons (Fsp3) is 0.300. The summed E-state index contributed by atoms with van der Waals surface area (Å²) in [5, 5.41) is 0. The van der Waals surface area contributed by atoms with E-state index in [-0.39, 0.29) is 17.3 Å². The highest BCUT2D eigenvalue weighted by atomic mass is 32.1. The summed E-state index contributed by atoms with van der Waals surface area (Å²) in [6.45, 7) is 0.523. The zero-order valence-electron chi connectivity index (χ0n) is 8.51. The van der Waals surface area contributed by atoms with Crippen LogP contribution in [0.3, 0.4) is 0 Å².